The number of nitrogens with one attached hydrogen (secondary N) is 1. The molecule has 0 aliphatic carbocycles. The number of hydrogen-bond donors (Lipinski definition) is 2. The minimum atomic E-state index is -3.94. The van der Waals surface area contributed by atoms with Crippen molar-refractivity contribution in [3.05, 3.63) is 27.8 Å². The lowest BCUT2D eigenvalue weighted by molar-refractivity contribution is -0.137. The zero-order chi connectivity index (χ0) is 15.6. The van der Waals surface area contributed by atoms with E-state index in [2.05, 4.69) is 51.6 Å². The fourth-order valence-corrected chi connectivity index (χ4v) is 3.32. The first-order chi connectivity index (χ1) is 9.78. The second-order valence-corrected chi connectivity index (χ2v) is 6.95. The molecule has 2 N–H and O–H groups in total. The lowest BCUT2D eigenvalue weighted by Crippen LogP contribution is -2.14. The van der Waals surface area contributed by atoms with E-state index in [4.69, 9.17) is 5.11 Å². The van der Waals surface area contributed by atoms with Crippen LogP contribution < -0.4 is 4.72 Å². The van der Waals surface area contributed by atoms with Crippen molar-refractivity contribution in [3.63, 3.8) is 0 Å². The molecular weight excluding hydrogens is 434 g/mol. The van der Waals surface area contributed by atoms with E-state index in [1.54, 1.807) is 0 Å². The highest BCUT2D eigenvalue weighted by molar-refractivity contribution is 9.11. The number of aliphatic carboxylic acids is 1. The zero-order valence-corrected chi connectivity index (χ0v) is 14.1. The van der Waals surface area contributed by atoms with Crippen LogP contribution in [0.2, 0.25) is 0 Å². The van der Waals surface area contributed by atoms with Gasteiger partial charge in [-0.25, -0.2) is 18.4 Å². The van der Waals surface area contributed by atoms with Crippen molar-refractivity contribution in [1.82, 2.24) is 19.7 Å². The van der Waals surface area contributed by atoms with Crippen LogP contribution >= 0.6 is 31.9 Å². The summed E-state index contributed by atoms with van der Waals surface area (Å²) in [6.45, 7) is -0.433. The quantitative estimate of drug-likeness (QED) is 0.711. The molecule has 112 valence electrons. The normalized spacial score (nSPS) is 11.3. The number of nitrogens with zero attached hydrogens (tertiary/aromatic N) is 4. The zero-order valence-electron chi connectivity index (χ0n) is 10.1. The first-order valence-electron chi connectivity index (χ1n) is 5.23. The second-order valence-electron chi connectivity index (χ2n) is 3.70. The number of hydrogen-bond acceptors (Lipinski definition) is 6. The Hall–Kier alpha value is -1.53. The molecule has 0 bridgehead atoms. The van der Waals surface area contributed by atoms with Gasteiger partial charge in [0.05, 0.1) is 12.4 Å². The highest BCUT2D eigenvalue weighted by atomic mass is 79.9. The molecular formula is C9H7Br2N5O4S. The number of carboxylic acid groups (broad SMARTS) is 1. The van der Waals surface area contributed by atoms with Gasteiger partial charge in [-0.1, -0.05) is 0 Å². The van der Waals surface area contributed by atoms with E-state index >= 15 is 0 Å². The van der Waals surface area contributed by atoms with Crippen molar-refractivity contribution in [1.29, 1.82) is 0 Å². The lowest BCUT2D eigenvalue weighted by Gasteiger charge is -2.06. The average molecular weight is 441 g/mol. The maximum atomic E-state index is 12.1. The lowest BCUT2D eigenvalue weighted by atomic mass is 10.6. The molecule has 0 saturated heterocycles. The van der Waals surface area contributed by atoms with Gasteiger partial charge in [0.2, 0.25) is 0 Å². The predicted octanol–water partition coefficient (Wildman–Crippen LogP) is 1.08. The number of anilines is 1. The predicted molar refractivity (Wildman–Crippen MR) is 78.1 cm³/mol. The number of carbonyl (C=O) groups is 1. The van der Waals surface area contributed by atoms with Crippen LogP contribution in [0.15, 0.2) is 32.7 Å². The Labute approximate surface area is 135 Å². The van der Waals surface area contributed by atoms with E-state index in [0.717, 1.165) is 17.1 Å². The first kappa shape index (κ1) is 15.9. The van der Waals surface area contributed by atoms with Crippen molar-refractivity contribution in [2.45, 2.75) is 11.4 Å². The molecule has 9 nitrogen and oxygen atoms in total. The Morgan fingerprint density at radius 2 is 2.10 bits per heavy atom. The monoisotopic (exact) mass is 439 g/mol. The van der Waals surface area contributed by atoms with Crippen molar-refractivity contribution in [3.8, 4) is 0 Å². The van der Waals surface area contributed by atoms with Gasteiger partial charge in [-0.15, -0.1) is 0 Å². The van der Waals surface area contributed by atoms with Crippen LogP contribution in [0.4, 0.5) is 5.82 Å². The Morgan fingerprint density at radius 1 is 1.38 bits per heavy atom. The molecule has 0 fully saturated rings. The average Bonchev–Trinajstić information content (AvgIpc) is 2.81. The number of sulfonamides is 1. The van der Waals surface area contributed by atoms with Gasteiger partial charge in [0.25, 0.3) is 10.0 Å². The Morgan fingerprint density at radius 3 is 2.71 bits per heavy atom. The van der Waals surface area contributed by atoms with Crippen molar-refractivity contribution >= 4 is 53.7 Å². The highest BCUT2D eigenvalue weighted by Gasteiger charge is 2.19. The van der Waals surface area contributed by atoms with E-state index in [1.807, 2.05) is 0 Å². The highest BCUT2D eigenvalue weighted by Crippen LogP contribution is 2.22. The van der Waals surface area contributed by atoms with Gasteiger partial charge in [-0.2, -0.15) is 5.10 Å². The Balaban J connectivity index is 2.25. The van der Waals surface area contributed by atoms with E-state index in [-0.39, 0.29) is 15.3 Å². The number of rotatable bonds is 5. The summed E-state index contributed by atoms with van der Waals surface area (Å²) in [6, 6.07) is 0. The summed E-state index contributed by atoms with van der Waals surface area (Å²) in [5, 5.41) is 12.3. The molecule has 21 heavy (non-hydrogen) atoms. The maximum Gasteiger partial charge on any atom is 0.325 e. The Kier molecular flexibility index (Phi) is 4.58. The van der Waals surface area contributed by atoms with Gasteiger partial charge in [-0.3, -0.25) is 14.2 Å². The Bertz CT molecular complexity index is 791. The SMILES string of the molecule is O=C(O)Cn1cc(S(=O)(=O)Nc2ncc(Br)nc2Br)cn1. The topological polar surface area (TPSA) is 127 Å². The van der Waals surface area contributed by atoms with Crippen LogP contribution in [0, 0.1) is 0 Å². The minimum Gasteiger partial charge on any atom is -0.480 e. The number of halogens is 2. The molecule has 0 aliphatic rings. The van der Waals surface area contributed by atoms with E-state index in [0.29, 0.717) is 4.60 Å². The molecule has 2 aromatic heterocycles. The summed E-state index contributed by atoms with van der Waals surface area (Å²) in [6.07, 6.45) is 3.48. The largest absolute Gasteiger partial charge is 0.480 e. The third-order valence-electron chi connectivity index (χ3n) is 2.15. The molecule has 0 spiro atoms. The standard InChI is InChI=1S/C9H7Br2N5O4S/c10-6-2-12-9(8(11)14-6)15-21(19,20)5-1-13-16(3-5)4-7(17)18/h1-3H,4H2,(H,12,15)(H,17,18). The van der Waals surface area contributed by atoms with E-state index in [1.165, 1.54) is 6.20 Å². The maximum absolute atomic E-state index is 12.1. The smallest absolute Gasteiger partial charge is 0.325 e. The molecule has 2 rings (SSSR count). The van der Waals surface area contributed by atoms with Crippen molar-refractivity contribution < 1.29 is 18.3 Å². The van der Waals surface area contributed by atoms with E-state index in [9.17, 15) is 13.2 Å². The van der Waals surface area contributed by atoms with Crippen LogP contribution in [-0.2, 0) is 21.4 Å². The van der Waals surface area contributed by atoms with Gasteiger partial charge in [0.15, 0.2) is 10.4 Å². The summed E-state index contributed by atoms with van der Waals surface area (Å²) >= 11 is 6.18. The fraction of sp³-hybridized carbons (Fsp3) is 0.111. The molecule has 0 aromatic carbocycles. The van der Waals surface area contributed by atoms with Crippen LogP contribution in [0.3, 0.4) is 0 Å². The van der Waals surface area contributed by atoms with Crippen molar-refractivity contribution in [2.75, 3.05) is 4.72 Å². The summed E-state index contributed by atoms with van der Waals surface area (Å²) in [7, 11) is -3.94. The summed E-state index contributed by atoms with van der Waals surface area (Å²) in [5.41, 5.74) is 0. The molecule has 0 radical (unpaired) electrons. The van der Waals surface area contributed by atoms with Gasteiger partial charge in [0, 0.05) is 6.20 Å². The van der Waals surface area contributed by atoms with Crippen LogP contribution in [0.25, 0.3) is 0 Å². The second kappa shape index (κ2) is 6.07. The third kappa shape index (κ3) is 3.98. The molecule has 0 aliphatic heterocycles. The molecule has 2 heterocycles. The van der Waals surface area contributed by atoms with Crippen molar-refractivity contribution in [2.24, 2.45) is 0 Å². The molecule has 0 atom stereocenters. The summed E-state index contributed by atoms with van der Waals surface area (Å²) in [5.74, 6) is -1.12. The number of aromatic nitrogens is 4. The minimum absolute atomic E-state index is 0.00387. The van der Waals surface area contributed by atoms with Crippen LogP contribution in [0.1, 0.15) is 0 Å². The van der Waals surface area contributed by atoms with Crippen LogP contribution in [0.5, 0.6) is 0 Å². The van der Waals surface area contributed by atoms with Gasteiger partial charge in [-0.05, 0) is 31.9 Å². The van der Waals surface area contributed by atoms with Gasteiger partial charge >= 0.3 is 5.97 Å². The molecule has 0 amide bonds. The molecule has 2 aromatic rings. The third-order valence-corrected chi connectivity index (χ3v) is 4.38. The molecule has 0 saturated carbocycles. The number of carboxylic acids is 1. The fourth-order valence-electron chi connectivity index (χ4n) is 1.31. The van der Waals surface area contributed by atoms with Crippen LogP contribution in [-0.4, -0.2) is 39.2 Å². The molecule has 0 unspecified atom stereocenters. The van der Waals surface area contributed by atoms with Gasteiger partial charge < -0.3 is 5.11 Å². The van der Waals surface area contributed by atoms with E-state index < -0.39 is 22.5 Å². The van der Waals surface area contributed by atoms with Gasteiger partial charge in [0.1, 0.15) is 16.0 Å². The summed E-state index contributed by atoms with van der Waals surface area (Å²) in [4.78, 5) is 18.2. The molecule has 12 heteroatoms. The first-order valence-corrected chi connectivity index (χ1v) is 8.30. The summed E-state index contributed by atoms with van der Waals surface area (Å²) < 4.78 is 28.1.